The summed E-state index contributed by atoms with van der Waals surface area (Å²) >= 11 is 0. The van der Waals surface area contributed by atoms with Gasteiger partial charge in [-0.3, -0.25) is 4.79 Å². The van der Waals surface area contributed by atoms with E-state index in [9.17, 15) is 13.2 Å². The molecule has 0 aromatic heterocycles. The Bertz CT molecular complexity index is 1290. The van der Waals surface area contributed by atoms with Crippen LogP contribution in [-0.2, 0) is 32.2 Å². The molecule has 1 saturated heterocycles. The highest BCUT2D eigenvalue weighted by Crippen LogP contribution is 2.35. The second-order valence-corrected chi connectivity index (χ2v) is 12.2. The van der Waals surface area contributed by atoms with Gasteiger partial charge in [-0.2, -0.15) is 0 Å². The molecule has 0 bridgehead atoms. The van der Waals surface area contributed by atoms with Crippen molar-refractivity contribution in [2.75, 3.05) is 13.2 Å². The summed E-state index contributed by atoms with van der Waals surface area (Å²) in [6.07, 6.45) is 2.90. The fraction of sp³-hybridized carbons (Fsp3) is 0.367. The van der Waals surface area contributed by atoms with Gasteiger partial charge in [-0.05, 0) is 78.0 Å². The summed E-state index contributed by atoms with van der Waals surface area (Å²) in [5, 5.41) is 0. The number of rotatable bonds is 9. The zero-order valence-corrected chi connectivity index (χ0v) is 21.9. The molecule has 2 N–H and O–H groups in total. The lowest BCUT2D eigenvalue weighted by Gasteiger charge is -2.33. The number of hydrogen-bond acceptors (Lipinski definition) is 4. The third-order valence-electron chi connectivity index (χ3n) is 7.27. The molecular weight excluding hydrogens is 470 g/mol. The van der Waals surface area contributed by atoms with Gasteiger partial charge in [0.05, 0.1) is 4.90 Å². The molecule has 5 nitrogen and oxygen atoms in total. The molecule has 190 valence electrons. The number of aryl methyl sites for hydroxylation is 2. The van der Waals surface area contributed by atoms with Gasteiger partial charge >= 0.3 is 0 Å². The maximum atomic E-state index is 13.3. The number of hydrogen-bond donors (Lipinski definition) is 1. The maximum absolute atomic E-state index is 13.3. The van der Waals surface area contributed by atoms with Crippen molar-refractivity contribution in [3.63, 3.8) is 0 Å². The molecule has 4 rings (SSSR count). The molecule has 0 aliphatic carbocycles. The van der Waals surface area contributed by atoms with Crippen LogP contribution in [0.15, 0.2) is 77.7 Å². The monoisotopic (exact) mass is 505 g/mol. The van der Waals surface area contributed by atoms with Gasteiger partial charge < -0.3 is 10.5 Å². The van der Waals surface area contributed by atoms with Crippen LogP contribution in [-0.4, -0.2) is 32.3 Å². The summed E-state index contributed by atoms with van der Waals surface area (Å²) in [6, 6.07) is 24.3. The Morgan fingerprint density at radius 2 is 1.53 bits per heavy atom. The Morgan fingerprint density at radius 1 is 0.889 bits per heavy atom. The molecule has 0 atom stereocenters. The fourth-order valence-corrected chi connectivity index (χ4v) is 6.79. The highest BCUT2D eigenvalue weighted by atomic mass is 32.2. The Labute approximate surface area is 214 Å². The minimum Gasteiger partial charge on any atom is -0.381 e. The summed E-state index contributed by atoms with van der Waals surface area (Å²) < 4.78 is 30.3. The van der Waals surface area contributed by atoms with Crippen molar-refractivity contribution >= 4 is 15.7 Å². The molecule has 1 aliphatic rings. The van der Waals surface area contributed by atoms with E-state index in [1.165, 1.54) is 22.3 Å². The molecule has 1 amide bonds. The second-order valence-electron chi connectivity index (χ2n) is 9.95. The number of nitrogens with two attached hydrogens (primary N) is 1. The molecule has 1 aliphatic heterocycles. The summed E-state index contributed by atoms with van der Waals surface area (Å²) in [5.74, 6) is -0.279. The summed E-state index contributed by atoms with van der Waals surface area (Å²) in [7, 11) is -3.90. The number of benzene rings is 3. The summed E-state index contributed by atoms with van der Waals surface area (Å²) in [4.78, 5) is 12.3. The fourth-order valence-electron chi connectivity index (χ4n) is 4.87. The zero-order chi connectivity index (χ0) is 25.8. The predicted molar refractivity (Wildman–Crippen MR) is 144 cm³/mol. The van der Waals surface area contributed by atoms with Crippen molar-refractivity contribution in [1.29, 1.82) is 0 Å². The first-order chi connectivity index (χ1) is 17.2. The maximum Gasteiger partial charge on any atom is 0.239 e. The lowest BCUT2D eigenvalue weighted by atomic mass is 9.96. The Kier molecular flexibility index (Phi) is 7.96. The zero-order valence-electron chi connectivity index (χ0n) is 21.1. The van der Waals surface area contributed by atoms with E-state index in [0.29, 0.717) is 5.92 Å². The minimum absolute atomic E-state index is 0.0906. The second kappa shape index (κ2) is 11.0. The molecule has 6 heteroatoms. The van der Waals surface area contributed by atoms with Crippen LogP contribution in [0.5, 0.6) is 0 Å². The predicted octanol–water partition coefficient (Wildman–Crippen LogP) is 5.46. The third kappa shape index (κ3) is 5.40. The van der Waals surface area contributed by atoms with E-state index in [2.05, 4.69) is 62.4 Å². The molecule has 1 fully saturated rings. The van der Waals surface area contributed by atoms with Crippen LogP contribution in [0, 0.1) is 0 Å². The number of carbonyl (C=O) groups excluding carboxylic acids is 1. The van der Waals surface area contributed by atoms with Gasteiger partial charge in [0.1, 0.15) is 0 Å². The van der Waals surface area contributed by atoms with Crippen LogP contribution in [0.3, 0.4) is 0 Å². The Balaban J connectivity index is 1.39. The SMILES string of the molecule is CC(C)c1ccc(-c2cccc(CCCc3ccc(S(=O)(=O)C4(C(N)=O)CCOCC4)cc3)c2)cc1. The number of primary amides is 1. The van der Waals surface area contributed by atoms with Crippen molar-refractivity contribution in [1.82, 2.24) is 0 Å². The van der Waals surface area contributed by atoms with Crippen LogP contribution >= 0.6 is 0 Å². The molecule has 36 heavy (non-hydrogen) atoms. The molecule has 0 unspecified atom stereocenters. The van der Waals surface area contributed by atoms with Crippen molar-refractivity contribution in [2.45, 2.75) is 61.5 Å². The van der Waals surface area contributed by atoms with Crippen LogP contribution in [0.2, 0.25) is 0 Å². The van der Waals surface area contributed by atoms with E-state index < -0.39 is 20.5 Å². The van der Waals surface area contributed by atoms with Crippen LogP contribution in [0.4, 0.5) is 0 Å². The molecular formula is C30H35NO4S. The van der Waals surface area contributed by atoms with E-state index in [1.54, 1.807) is 12.1 Å². The van der Waals surface area contributed by atoms with Crippen molar-refractivity contribution in [3.8, 4) is 11.1 Å². The van der Waals surface area contributed by atoms with E-state index in [4.69, 9.17) is 10.5 Å². The Morgan fingerprint density at radius 3 is 2.14 bits per heavy atom. The first kappa shape index (κ1) is 26.1. The largest absolute Gasteiger partial charge is 0.381 e. The topological polar surface area (TPSA) is 86.5 Å². The average molecular weight is 506 g/mol. The van der Waals surface area contributed by atoms with Crippen LogP contribution < -0.4 is 5.73 Å². The molecule has 0 radical (unpaired) electrons. The summed E-state index contributed by atoms with van der Waals surface area (Å²) in [5.41, 5.74) is 11.7. The van der Waals surface area contributed by atoms with Crippen molar-refractivity contribution in [2.24, 2.45) is 5.73 Å². The van der Waals surface area contributed by atoms with E-state index >= 15 is 0 Å². The van der Waals surface area contributed by atoms with E-state index in [1.807, 2.05) is 12.1 Å². The smallest absolute Gasteiger partial charge is 0.239 e. The normalized spacial score (nSPS) is 15.6. The highest BCUT2D eigenvalue weighted by Gasteiger charge is 2.51. The average Bonchev–Trinajstić information content (AvgIpc) is 2.89. The lowest BCUT2D eigenvalue weighted by Crippen LogP contribution is -2.53. The first-order valence-electron chi connectivity index (χ1n) is 12.6. The number of sulfone groups is 1. The van der Waals surface area contributed by atoms with Gasteiger partial charge in [0.15, 0.2) is 14.6 Å². The summed E-state index contributed by atoms with van der Waals surface area (Å²) in [6.45, 7) is 4.83. The van der Waals surface area contributed by atoms with Crippen LogP contribution in [0.25, 0.3) is 11.1 Å². The number of amides is 1. The standard InChI is InChI=1S/C30H35NO4S/c1-22(2)25-11-13-26(14-12-25)27-8-4-7-24(21-27)6-3-5-23-9-15-28(16-10-23)36(33,34)30(29(31)32)17-19-35-20-18-30/h4,7-16,21-22H,3,5-6,17-20H2,1-2H3,(H2,31,32). The highest BCUT2D eigenvalue weighted by molar-refractivity contribution is 7.93. The minimum atomic E-state index is -3.90. The molecule has 3 aromatic rings. The number of ether oxygens (including phenoxy) is 1. The van der Waals surface area contributed by atoms with Crippen molar-refractivity contribution in [3.05, 3.63) is 89.5 Å². The quantitative estimate of drug-likeness (QED) is 0.418. The lowest BCUT2D eigenvalue weighted by molar-refractivity contribution is -0.122. The van der Waals surface area contributed by atoms with Gasteiger partial charge in [-0.1, -0.05) is 74.5 Å². The first-order valence-corrected chi connectivity index (χ1v) is 14.1. The van der Waals surface area contributed by atoms with E-state index in [0.717, 1.165) is 24.8 Å². The third-order valence-corrected chi connectivity index (χ3v) is 9.80. The molecule has 3 aromatic carbocycles. The molecule has 0 saturated carbocycles. The van der Waals surface area contributed by atoms with Gasteiger partial charge in [-0.25, -0.2) is 8.42 Å². The van der Waals surface area contributed by atoms with Crippen LogP contribution in [0.1, 0.15) is 55.7 Å². The number of carbonyl (C=O) groups is 1. The van der Waals surface area contributed by atoms with Gasteiger partial charge in [0.2, 0.25) is 5.91 Å². The van der Waals surface area contributed by atoms with Gasteiger partial charge in [0, 0.05) is 13.2 Å². The molecule has 1 heterocycles. The molecule has 0 spiro atoms. The van der Waals surface area contributed by atoms with Crippen molar-refractivity contribution < 1.29 is 17.9 Å². The Hall–Kier alpha value is -2.96. The van der Waals surface area contributed by atoms with E-state index in [-0.39, 0.29) is 31.0 Å². The van der Waals surface area contributed by atoms with Gasteiger partial charge in [-0.15, -0.1) is 0 Å². The van der Waals surface area contributed by atoms with Gasteiger partial charge in [0.25, 0.3) is 0 Å².